The summed E-state index contributed by atoms with van der Waals surface area (Å²) in [6.45, 7) is 3.61. The number of aromatic nitrogens is 1. The van der Waals surface area contributed by atoms with Crippen molar-refractivity contribution in [3.8, 4) is 0 Å². The number of halogens is 4. The van der Waals surface area contributed by atoms with Crippen LogP contribution in [-0.4, -0.2) is 31.6 Å². The molecule has 12 heteroatoms. The molecular formula is C24H30F4N4O3S. The first-order valence-corrected chi connectivity index (χ1v) is 13.5. The van der Waals surface area contributed by atoms with Gasteiger partial charge in [0, 0.05) is 18.2 Å². The van der Waals surface area contributed by atoms with Crippen molar-refractivity contribution in [1.29, 1.82) is 0 Å². The lowest BCUT2D eigenvalue weighted by Gasteiger charge is -2.28. The Morgan fingerprint density at radius 1 is 1.14 bits per heavy atom. The smallest absolute Gasteiger partial charge is 0.367 e. The molecule has 7 nitrogen and oxygen atoms in total. The van der Waals surface area contributed by atoms with Gasteiger partial charge < -0.3 is 10.6 Å². The number of alkyl halides is 3. The van der Waals surface area contributed by atoms with Crippen molar-refractivity contribution in [2.24, 2.45) is 5.92 Å². The Morgan fingerprint density at radius 2 is 1.81 bits per heavy atom. The number of amides is 1. The SMILES string of the molecule is CC1CCC(Nc2nc(C(F)(F)F)ccc2CNC(=O)C(C)c2ccc(NS(C)(=O)=O)c(F)c2)CC1. The number of sulfonamides is 1. The number of nitrogens with zero attached hydrogens (tertiary/aromatic N) is 1. The molecule has 3 rings (SSSR count). The molecule has 0 aliphatic heterocycles. The summed E-state index contributed by atoms with van der Waals surface area (Å²) in [6.07, 6.45) is -0.139. The summed E-state index contributed by atoms with van der Waals surface area (Å²) in [6, 6.07) is 5.88. The van der Waals surface area contributed by atoms with E-state index in [-0.39, 0.29) is 24.1 Å². The average Bonchev–Trinajstić information content (AvgIpc) is 2.79. The second-order valence-corrected chi connectivity index (χ2v) is 11.1. The molecular weight excluding hydrogens is 500 g/mol. The molecule has 1 aromatic heterocycles. The van der Waals surface area contributed by atoms with Crippen LogP contribution in [0.1, 0.15) is 62.3 Å². The molecule has 1 aliphatic carbocycles. The van der Waals surface area contributed by atoms with Crippen LogP contribution in [0.2, 0.25) is 0 Å². The van der Waals surface area contributed by atoms with Crippen LogP contribution in [0, 0.1) is 11.7 Å². The van der Waals surface area contributed by atoms with Gasteiger partial charge in [0.05, 0.1) is 17.9 Å². The Bertz CT molecular complexity index is 1200. The number of benzene rings is 1. The first-order chi connectivity index (χ1) is 16.7. The normalized spacial score (nSPS) is 19.4. The monoisotopic (exact) mass is 530 g/mol. The lowest BCUT2D eigenvalue weighted by molar-refractivity contribution is -0.141. The molecule has 0 bridgehead atoms. The third-order valence-electron chi connectivity index (χ3n) is 6.26. The Hall–Kier alpha value is -2.89. The number of rotatable bonds is 8. The van der Waals surface area contributed by atoms with Crippen molar-refractivity contribution in [1.82, 2.24) is 10.3 Å². The molecule has 1 atom stereocenters. The zero-order valence-electron chi connectivity index (χ0n) is 20.2. The Morgan fingerprint density at radius 3 is 2.39 bits per heavy atom. The van der Waals surface area contributed by atoms with Gasteiger partial charge in [-0.15, -0.1) is 0 Å². The first-order valence-electron chi connectivity index (χ1n) is 11.6. The summed E-state index contributed by atoms with van der Waals surface area (Å²) < 4.78 is 78.8. The average molecular weight is 531 g/mol. The van der Waals surface area contributed by atoms with Gasteiger partial charge >= 0.3 is 6.18 Å². The predicted octanol–water partition coefficient (Wildman–Crippen LogP) is 5.02. The number of carbonyl (C=O) groups excluding carboxylic acids is 1. The molecule has 1 aliphatic rings. The van der Waals surface area contributed by atoms with E-state index >= 15 is 0 Å². The molecule has 1 saturated carbocycles. The molecule has 0 saturated heterocycles. The van der Waals surface area contributed by atoms with E-state index in [0.29, 0.717) is 17.0 Å². The van der Waals surface area contributed by atoms with Gasteiger partial charge in [-0.1, -0.05) is 19.1 Å². The standard InChI is InChI=1S/C24H30F4N4O3S/c1-14-4-8-18(9-5-14)30-22-17(7-11-21(31-22)24(26,27)28)13-29-23(33)15(2)16-6-10-20(19(25)12-16)32-36(3,34)35/h6-7,10-12,14-15,18,32H,4-5,8-9,13H2,1-3H3,(H,29,33)(H,30,31). The Kier molecular flexibility index (Phi) is 8.48. The minimum absolute atomic E-state index is 0.00686. The molecule has 36 heavy (non-hydrogen) atoms. The molecule has 3 N–H and O–H groups in total. The van der Waals surface area contributed by atoms with E-state index in [9.17, 15) is 30.8 Å². The summed E-state index contributed by atoms with van der Waals surface area (Å²) in [5.74, 6) is -1.46. The van der Waals surface area contributed by atoms with Gasteiger partial charge in [0.25, 0.3) is 0 Å². The quantitative estimate of drug-likeness (QED) is 0.416. The van der Waals surface area contributed by atoms with Crippen molar-refractivity contribution in [2.45, 2.75) is 64.2 Å². The minimum Gasteiger partial charge on any atom is -0.367 e. The predicted molar refractivity (Wildman–Crippen MR) is 129 cm³/mol. The highest BCUT2D eigenvalue weighted by Crippen LogP contribution is 2.31. The molecule has 1 heterocycles. The maximum Gasteiger partial charge on any atom is 0.433 e. The van der Waals surface area contributed by atoms with E-state index in [0.717, 1.165) is 44.1 Å². The third kappa shape index (κ3) is 7.55. The number of hydrogen-bond acceptors (Lipinski definition) is 5. The molecule has 1 aromatic carbocycles. The van der Waals surface area contributed by atoms with Crippen LogP contribution in [-0.2, 0) is 27.5 Å². The van der Waals surface area contributed by atoms with Crippen LogP contribution in [0.25, 0.3) is 0 Å². The third-order valence-corrected chi connectivity index (χ3v) is 6.85. The summed E-state index contributed by atoms with van der Waals surface area (Å²) in [7, 11) is -3.67. The zero-order chi connectivity index (χ0) is 26.7. The van der Waals surface area contributed by atoms with Gasteiger partial charge in [0.1, 0.15) is 17.3 Å². The van der Waals surface area contributed by atoms with Crippen molar-refractivity contribution in [2.75, 3.05) is 16.3 Å². The van der Waals surface area contributed by atoms with Gasteiger partial charge in [0.15, 0.2) is 0 Å². The van der Waals surface area contributed by atoms with E-state index in [1.54, 1.807) is 6.92 Å². The number of anilines is 2. The molecule has 1 fully saturated rings. The number of carbonyl (C=O) groups is 1. The molecule has 0 radical (unpaired) electrons. The molecule has 1 unspecified atom stereocenters. The van der Waals surface area contributed by atoms with E-state index in [1.807, 2.05) is 0 Å². The summed E-state index contributed by atoms with van der Waals surface area (Å²) in [5.41, 5.74) is -0.543. The minimum atomic E-state index is -4.60. The lowest BCUT2D eigenvalue weighted by Crippen LogP contribution is -2.30. The highest BCUT2D eigenvalue weighted by molar-refractivity contribution is 7.92. The fraction of sp³-hybridized carbons (Fsp3) is 0.500. The van der Waals surface area contributed by atoms with Crippen LogP contribution in [0.4, 0.5) is 29.1 Å². The van der Waals surface area contributed by atoms with Gasteiger partial charge in [-0.2, -0.15) is 13.2 Å². The summed E-state index contributed by atoms with van der Waals surface area (Å²) in [4.78, 5) is 16.5. The van der Waals surface area contributed by atoms with E-state index < -0.39 is 39.5 Å². The van der Waals surface area contributed by atoms with Crippen molar-refractivity contribution >= 4 is 27.4 Å². The second kappa shape index (κ2) is 11.0. The van der Waals surface area contributed by atoms with Gasteiger partial charge in [-0.25, -0.2) is 17.8 Å². The number of pyridine rings is 1. The zero-order valence-corrected chi connectivity index (χ0v) is 21.1. The molecule has 198 valence electrons. The van der Waals surface area contributed by atoms with Crippen molar-refractivity contribution < 1.29 is 30.8 Å². The maximum atomic E-state index is 14.3. The van der Waals surface area contributed by atoms with Crippen molar-refractivity contribution in [3.05, 3.63) is 53.0 Å². The summed E-state index contributed by atoms with van der Waals surface area (Å²) >= 11 is 0. The van der Waals surface area contributed by atoms with Crippen molar-refractivity contribution in [3.63, 3.8) is 0 Å². The van der Waals surface area contributed by atoms with E-state index in [2.05, 4.69) is 27.3 Å². The molecule has 1 amide bonds. The summed E-state index contributed by atoms with van der Waals surface area (Å²) in [5, 5.41) is 5.81. The fourth-order valence-electron chi connectivity index (χ4n) is 4.08. The van der Waals surface area contributed by atoms with E-state index in [4.69, 9.17) is 0 Å². The van der Waals surface area contributed by atoms with Crippen LogP contribution in [0.15, 0.2) is 30.3 Å². The first kappa shape index (κ1) is 27.7. The van der Waals surface area contributed by atoms with Gasteiger partial charge in [-0.05, 0) is 62.3 Å². The van der Waals surface area contributed by atoms with Gasteiger partial charge in [-0.3, -0.25) is 9.52 Å². The van der Waals surface area contributed by atoms with Crippen LogP contribution in [0.3, 0.4) is 0 Å². The second-order valence-electron chi connectivity index (χ2n) is 9.36. The fourth-order valence-corrected chi connectivity index (χ4v) is 4.65. The highest BCUT2D eigenvalue weighted by atomic mass is 32.2. The van der Waals surface area contributed by atoms with Gasteiger partial charge in [0.2, 0.25) is 15.9 Å². The Balaban J connectivity index is 1.72. The Labute approximate surface area is 208 Å². The van der Waals surface area contributed by atoms with Crippen LogP contribution >= 0.6 is 0 Å². The number of hydrogen-bond donors (Lipinski definition) is 3. The lowest BCUT2D eigenvalue weighted by atomic mass is 9.87. The van der Waals surface area contributed by atoms with Crippen LogP contribution < -0.4 is 15.4 Å². The van der Waals surface area contributed by atoms with Crippen LogP contribution in [0.5, 0.6) is 0 Å². The maximum absolute atomic E-state index is 14.3. The molecule has 0 spiro atoms. The largest absolute Gasteiger partial charge is 0.433 e. The van der Waals surface area contributed by atoms with E-state index in [1.165, 1.54) is 18.2 Å². The highest BCUT2D eigenvalue weighted by Gasteiger charge is 2.33. The topological polar surface area (TPSA) is 100 Å². The number of nitrogens with one attached hydrogen (secondary N) is 3. The molecule has 2 aromatic rings.